The summed E-state index contributed by atoms with van der Waals surface area (Å²) in [5, 5.41) is 24.2. The first-order chi connectivity index (χ1) is 14.7. The van der Waals surface area contributed by atoms with Crippen molar-refractivity contribution in [1.29, 1.82) is 0 Å². The lowest BCUT2D eigenvalue weighted by Gasteiger charge is -2.13. The van der Waals surface area contributed by atoms with Gasteiger partial charge in [-0.25, -0.2) is 4.98 Å². The first kappa shape index (κ1) is 20.7. The van der Waals surface area contributed by atoms with Gasteiger partial charge in [-0.05, 0) is 57.3 Å². The molecule has 0 atom stereocenters. The molecule has 0 unspecified atom stereocenters. The van der Waals surface area contributed by atoms with Crippen molar-refractivity contribution >= 4 is 22.6 Å². The maximum atomic E-state index is 9.77. The largest absolute Gasteiger partial charge is 0.388 e. The number of aliphatic hydroxyl groups is 1. The number of hydrogen-bond acceptors (Lipinski definition) is 5. The van der Waals surface area contributed by atoms with Gasteiger partial charge in [0.2, 0.25) is 5.82 Å². The normalized spacial score (nSPS) is 11.2. The number of unbranched alkanes of at least 4 members (excludes halogenated alkanes) is 1. The van der Waals surface area contributed by atoms with Gasteiger partial charge < -0.3 is 9.67 Å². The first-order valence-corrected chi connectivity index (χ1v) is 11.1. The summed E-state index contributed by atoms with van der Waals surface area (Å²) in [5.74, 6) is 1.30. The van der Waals surface area contributed by atoms with E-state index < -0.39 is 0 Å². The third-order valence-electron chi connectivity index (χ3n) is 5.13. The van der Waals surface area contributed by atoms with E-state index in [1.54, 1.807) is 0 Å². The van der Waals surface area contributed by atoms with Crippen LogP contribution in [-0.4, -0.2) is 35.3 Å². The maximum Gasteiger partial charge on any atom is 0.205 e. The van der Waals surface area contributed by atoms with Gasteiger partial charge in [0, 0.05) is 12.1 Å². The number of imidazole rings is 1. The predicted octanol–water partition coefficient (Wildman–Crippen LogP) is 4.22. The van der Waals surface area contributed by atoms with Crippen LogP contribution in [0.4, 0.5) is 0 Å². The summed E-state index contributed by atoms with van der Waals surface area (Å²) in [6.45, 7) is 2.82. The highest BCUT2D eigenvalue weighted by Gasteiger charge is 2.15. The molecule has 2 heterocycles. The van der Waals surface area contributed by atoms with Gasteiger partial charge in [-0.3, -0.25) is 0 Å². The molecule has 0 saturated carbocycles. The standard InChI is InChI=1S/C22H23IN6O/c1-2-3-8-19-21(23)24-20(14-30)29(19)13-15-9-11-16(12-10-15)17-6-4-5-7-18(17)22-25-27-28-26-22/h4-7,9-12,30H,2-3,8,13-14H2,1H3,(H,25,26,27,28). The lowest BCUT2D eigenvalue weighted by Crippen LogP contribution is -2.09. The van der Waals surface area contributed by atoms with Crippen molar-refractivity contribution in [1.82, 2.24) is 30.2 Å². The minimum atomic E-state index is -0.0573. The molecule has 2 aromatic carbocycles. The van der Waals surface area contributed by atoms with Crippen LogP contribution >= 0.6 is 22.6 Å². The second kappa shape index (κ2) is 9.48. The number of aromatic amines is 1. The zero-order valence-corrected chi connectivity index (χ0v) is 18.9. The Kier molecular flexibility index (Phi) is 6.53. The molecule has 0 radical (unpaired) electrons. The number of halogens is 1. The quantitative estimate of drug-likeness (QED) is 0.344. The second-order valence-electron chi connectivity index (χ2n) is 7.09. The number of hydrogen-bond donors (Lipinski definition) is 2. The summed E-state index contributed by atoms with van der Waals surface area (Å²) < 4.78 is 3.13. The molecule has 2 aromatic heterocycles. The van der Waals surface area contributed by atoms with Crippen LogP contribution < -0.4 is 0 Å². The average molecular weight is 514 g/mol. The Balaban J connectivity index is 1.62. The van der Waals surface area contributed by atoms with Crippen molar-refractivity contribution in [3.63, 3.8) is 0 Å². The highest BCUT2D eigenvalue weighted by Crippen LogP contribution is 2.30. The smallest absolute Gasteiger partial charge is 0.205 e. The fraction of sp³-hybridized carbons (Fsp3) is 0.273. The third-order valence-corrected chi connectivity index (χ3v) is 5.99. The number of nitrogens with zero attached hydrogens (tertiary/aromatic N) is 5. The number of tetrazole rings is 1. The summed E-state index contributed by atoms with van der Waals surface area (Å²) in [7, 11) is 0. The van der Waals surface area contributed by atoms with Gasteiger partial charge in [-0.1, -0.05) is 61.9 Å². The Morgan fingerprint density at radius 2 is 1.83 bits per heavy atom. The zero-order valence-electron chi connectivity index (χ0n) is 16.7. The SMILES string of the molecule is CCCCc1c(I)nc(CO)n1Cc1ccc(-c2ccccc2-c2nn[nH]n2)cc1. The van der Waals surface area contributed by atoms with Crippen molar-refractivity contribution in [2.75, 3.05) is 0 Å². The summed E-state index contributed by atoms with van der Waals surface area (Å²) in [6, 6.07) is 16.5. The molecule has 7 nitrogen and oxygen atoms in total. The number of H-pyrrole nitrogens is 1. The molecular formula is C22H23IN6O. The van der Waals surface area contributed by atoms with Crippen LogP contribution in [-0.2, 0) is 19.6 Å². The van der Waals surface area contributed by atoms with E-state index in [0.29, 0.717) is 12.4 Å². The summed E-state index contributed by atoms with van der Waals surface area (Å²) >= 11 is 2.27. The van der Waals surface area contributed by atoms with Crippen LogP contribution in [0.3, 0.4) is 0 Å². The Morgan fingerprint density at radius 1 is 1.07 bits per heavy atom. The molecule has 8 heteroatoms. The number of aromatic nitrogens is 6. The van der Waals surface area contributed by atoms with Crippen LogP contribution in [0.15, 0.2) is 48.5 Å². The molecule has 0 aliphatic heterocycles. The van der Waals surface area contributed by atoms with Crippen LogP contribution in [0.2, 0.25) is 0 Å². The van der Waals surface area contributed by atoms with Gasteiger partial charge in [-0.2, -0.15) is 5.21 Å². The van der Waals surface area contributed by atoms with Gasteiger partial charge in [-0.15, -0.1) is 10.2 Å². The highest BCUT2D eigenvalue weighted by molar-refractivity contribution is 14.1. The number of benzene rings is 2. The van der Waals surface area contributed by atoms with Gasteiger partial charge in [0.05, 0.1) is 5.69 Å². The Bertz CT molecular complexity index is 1110. The van der Waals surface area contributed by atoms with Crippen LogP contribution in [0.5, 0.6) is 0 Å². The van der Waals surface area contributed by atoms with E-state index in [0.717, 1.165) is 51.0 Å². The molecule has 0 aliphatic rings. The van der Waals surface area contributed by atoms with Gasteiger partial charge in [0.1, 0.15) is 16.1 Å². The maximum absolute atomic E-state index is 9.77. The van der Waals surface area contributed by atoms with Crippen molar-refractivity contribution in [3.8, 4) is 22.5 Å². The molecular weight excluding hydrogens is 491 g/mol. The Labute approximate surface area is 188 Å². The molecule has 2 N–H and O–H groups in total. The Morgan fingerprint density at radius 3 is 2.50 bits per heavy atom. The zero-order chi connectivity index (χ0) is 20.9. The molecule has 30 heavy (non-hydrogen) atoms. The van der Waals surface area contributed by atoms with E-state index >= 15 is 0 Å². The number of aliphatic hydroxyl groups excluding tert-OH is 1. The summed E-state index contributed by atoms with van der Waals surface area (Å²) in [5.41, 5.74) is 5.45. The van der Waals surface area contributed by atoms with E-state index in [1.807, 2.05) is 18.2 Å². The molecule has 0 amide bonds. The van der Waals surface area contributed by atoms with E-state index in [1.165, 1.54) is 5.69 Å². The third kappa shape index (κ3) is 4.29. The lowest BCUT2D eigenvalue weighted by molar-refractivity contribution is 0.265. The summed E-state index contributed by atoms with van der Waals surface area (Å²) in [6.07, 6.45) is 3.21. The molecule has 0 bridgehead atoms. The molecule has 0 spiro atoms. The summed E-state index contributed by atoms with van der Waals surface area (Å²) in [4.78, 5) is 4.56. The van der Waals surface area contributed by atoms with Gasteiger partial charge in [0.25, 0.3) is 0 Å². The average Bonchev–Trinajstić information content (AvgIpc) is 3.41. The van der Waals surface area contributed by atoms with Crippen LogP contribution in [0, 0.1) is 3.70 Å². The van der Waals surface area contributed by atoms with E-state index in [2.05, 4.69) is 90.0 Å². The highest BCUT2D eigenvalue weighted by atomic mass is 127. The minimum Gasteiger partial charge on any atom is -0.388 e. The van der Waals surface area contributed by atoms with Gasteiger partial charge >= 0.3 is 0 Å². The molecule has 4 aromatic rings. The van der Waals surface area contributed by atoms with E-state index in [4.69, 9.17) is 0 Å². The first-order valence-electron chi connectivity index (χ1n) is 9.98. The number of nitrogens with one attached hydrogen (secondary N) is 1. The number of rotatable bonds is 8. The van der Waals surface area contributed by atoms with Crippen molar-refractivity contribution < 1.29 is 5.11 Å². The topological polar surface area (TPSA) is 92.5 Å². The fourth-order valence-electron chi connectivity index (χ4n) is 3.57. The van der Waals surface area contributed by atoms with Crippen molar-refractivity contribution in [2.45, 2.75) is 39.3 Å². The molecule has 0 fully saturated rings. The molecule has 4 rings (SSSR count). The fourth-order valence-corrected chi connectivity index (χ4v) is 4.41. The van der Waals surface area contributed by atoms with Crippen LogP contribution in [0.25, 0.3) is 22.5 Å². The van der Waals surface area contributed by atoms with Crippen molar-refractivity contribution in [3.05, 3.63) is 69.3 Å². The Hall–Kier alpha value is -2.59. The van der Waals surface area contributed by atoms with Crippen LogP contribution in [0.1, 0.15) is 36.8 Å². The lowest BCUT2D eigenvalue weighted by atomic mass is 9.98. The van der Waals surface area contributed by atoms with Gasteiger partial charge in [0.15, 0.2) is 0 Å². The predicted molar refractivity (Wildman–Crippen MR) is 124 cm³/mol. The molecule has 0 aliphatic carbocycles. The molecule has 154 valence electrons. The van der Waals surface area contributed by atoms with E-state index in [9.17, 15) is 5.11 Å². The van der Waals surface area contributed by atoms with Crippen molar-refractivity contribution in [2.24, 2.45) is 0 Å². The second-order valence-corrected chi connectivity index (χ2v) is 8.11. The molecule has 0 saturated heterocycles. The monoisotopic (exact) mass is 514 g/mol. The van der Waals surface area contributed by atoms with E-state index in [-0.39, 0.29) is 6.61 Å². The minimum absolute atomic E-state index is 0.0573.